The van der Waals surface area contributed by atoms with Crippen molar-refractivity contribution in [1.29, 1.82) is 0 Å². The summed E-state index contributed by atoms with van der Waals surface area (Å²) < 4.78 is 145. The van der Waals surface area contributed by atoms with E-state index < -0.39 is 66.8 Å². The molecule has 0 bridgehead atoms. The number of nitrogens with zero attached hydrogens (tertiary/aromatic N) is 1. The highest BCUT2D eigenvalue weighted by Gasteiger charge is 2.64. The minimum atomic E-state index is -5.94. The molecule has 0 aromatic carbocycles. The summed E-state index contributed by atoms with van der Waals surface area (Å²) in [6.45, 7) is -1.07. The first-order valence-corrected chi connectivity index (χ1v) is 6.10. The van der Waals surface area contributed by atoms with E-state index in [9.17, 15) is 48.3 Å². The van der Waals surface area contributed by atoms with Crippen LogP contribution in [0, 0.1) is 0 Å². The maximum Gasteiger partial charge on any atom is 0.430 e. The molecule has 1 saturated heterocycles. The van der Waals surface area contributed by atoms with Gasteiger partial charge in [-0.1, -0.05) is 6.58 Å². The van der Waals surface area contributed by atoms with Crippen LogP contribution < -0.4 is 0 Å². The molecular formula is C11H10F11NO. The molecule has 1 fully saturated rings. The summed E-state index contributed by atoms with van der Waals surface area (Å²) in [5.41, 5.74) is -4.85. The van der Waals surface area contributed by atoms with Crippen LogP contribution in [0.1, 0.15) is 0 Å². The molecule has 0 aliphatic carbocycles. The quantitative estimate of drug-likeness (QED) is 0.417. The maximum absolute atomic E-state index is 13.9. The molecule has 0 saturated carbocycles. The predicted molar refractivity (Wildman–Crippen MR) is 57.3 cm³/mol. The van der Waals surface area contributed by atoms with Gasteiger partial charge >= 0.3 is 18.5 Å². The number of hydrogen-bond acceptors (Lipinski definition) is 2. The van der Waals surface area contributed by atoms with Crippen molar-refractivity contribution in [2.24, 2.45) is 0 Å². The van der Waals surface area contributed by atoms with Crippen LogP contribution in [0.3, 0.4) is 0 Å². The molecule has 1 aliphatic heterocycles. The molecule has 4 unspecified atom stereocenters. The van der Waals surface area contributed by atoms with Gasteiger partial charge in [-0.05, 0) is 6.08 Å². The molecule has 2 nitrogen and oxygen atoms in total. The molecule has 0 aromatic heterocycles. The Hall–Kier alpha value is -1.11. The zero-order valence-corrected chi connectivity index (χ0v) is 11.4. The fourth-order valence-electron chi connectivity index (χ4n) is 1.95. The number of rotatable bonds is 3. The Morgan fingerprint density at radius 3 is 1.50 bits per heavy atom. The fourth-order valence-corrected chi connectivity index (χ4v) is 1.95. The Morgan fingerprint density at radius 2 is 1.25 bits per heavy atom. The van der Waals surface area contributed by atoms with Gasteiger partial charge in [-0.2, -0.15) is 39.5 Å². The molecule has 13 heteroatoms. The summed E-state index contributed by atoms with van der Waals surface area (Å²) in [5, 5.41) is 0. The topological polar surface area (TPSA) is 12.5 Å². The average molecular weight is 381 g/mol. The lowest BCUT2D eigenvalue weighted by Crippen LogP contribution is -2.63. The zero-order chi connectivity index (χ0) is 19.1. The molecule has 0 spiro atoms. The van der Waals surface area contributed by atoms with Gasteiger partial charge in [0.2, 0.25) is 6.30 Å². The summed E-state index contributed by atoms with van der Waals surface area (Å²) >= 11 is 0. The van der Waals surface area contributed by atoms with Crippen molar-refractivity contribution in [2.75, 3.05) is 13.1 Å². The fraction of sp³-hybridized carbons (Fsp3) is 0.818. The van der Waals surface area contributed by atoms with E-state index in [-0.39, 0.29) is 0 Å². The molecule has 1 rings (SSSR count). The van der Waals surface area contributed by atoms with Crippen LogP contribution in [-0.4, -0.2) is 60.7 Å². The van der Waals surface area contributed by atoms with Crippen molar-refractivity contribution >= 4 is 0 Å². The average Bonchev–Trinajstić information content (AvgIpc) is 2.42. The molecule has 4 atom stereocenters. The van der Waals surface area contributed by atoms with Crippen LogP contribution >= 0.6 is 0 Å². The molecule has 0 N–H and O–H groups in total. The molecule has 1 aliphatic rings. The van der Waals surface area contributed by atoms with Crippen LogP contribution in [0.25, 0.3) is 0 Å². The van der Waals surface area contributed by atoms with E-state index in [1.807, 2.05) is 0 Å². The number of hydrogen-bond donors (Lipinski definition) is 0. The SMILES string of the molecule is C=CC(F)(C(F)N1CC(C(F)(F)F)OC(C(F)(F)F)C1)C(F)(F)F. The minimum absolute atomic E-state index is 0.547. The van der Waals surface area contributed by atoms with E-state index in [0.717, 1.165) is 0 Å². The van der Waals surface area contributed by atoms with Gasteiger partial charge in [0, 0.05) is 13.1 Å². The zero-order valence-electron chi connectivity index (χ0n) is 11.4. The molecule has 0 amide bonds. The lowest BCUT2D eigenvalue weighted by Gasteiger charge is -2.43. The highest BCUT2D eigenvalue weighted by atomic mass is 19.4. The predicted octanol–water partition coefficient (Wildman–Crippen LogP) is 3.93. The number of morpholine rings is 1. The number of alkyl halides is 11. The lowest BCUT2D eigenvalue weighted by molar-refractivity contribution is -0.321. The van der Waals surface area contributed by atoms with Gasteiger partial charge in [0.25, 0.3) is 5.67 Å². The summed E-state index contributed by atoms with van der Waals surface area (Å²) in [7, 11) is 0. The molecule has 0 aromatic rings. The third-order valence-electron chi connectivity index (χ3n) is 3.26. The molecule has 0 radical (unpaired) electrons. The highest BCUT2D eigenvalue weighted by Crippen LogP contribution is 2.42. The van der Waals surface area contributed by atoms with Gasteiger partial charge in [-0.3, -0.25) is 4.90 Å². The van der Waals surface area contributed by atoms with Gasteiger partial charge in [0.15, 0.2) is 12.2 Å². The van der Waals surface area contributed by atoms with Gasteiger partial charge in [-0.25, -0.2) is 8.78 Å². The van der Waals surface area contributed by atoms with Crippen molar-refractivity contribution < 1.29 is 53.0 Å². The van der Waals surface area contributed by atoms with Gasteiger partial charge in [-0.15, -0.1) is 0 Å². The monoisotopic (exact) mass is 381 g/mol. The number of halogens is 11. The lowest BCUT2D eigenvalue weighted by atomic mass is 10.0. The normalized spacial score (nSPS) is 28.3. The van der Waals surface area contributed by atoms with Crippen LogP contribution in [0.2, 0.25) is 0 Å². The first kappa shape index (κ1) is 20.9. The first-order chi connectivity index (χ1) is 10.5. The summed E-state index contributed by atoms with van der Waals surface area (Å²) in [6, 6.07) is 0. The van der Waals surface area contributed by atoms with Crippen LogP contribution in [0.4, 0.5) is 48.3 Å². The van der Waals surface area contributed by atoms with Crippen molar-refractivity contribution in [3.63, 3.8) is 0 Å². The molecular weight excluding hydrogens is 371 g/mol. The maximum atomic E-state index is 13.9. The van der Waals surface area contributed by atoms with Crippen molar-refractivity contribution in [3.8, 4) is 0 Å². The van der Waals surface area contributed by atoms with E-state index in [4.69, 9.17) is 0 Å². The van der Waals surface area contributed by atoms with Crippen molar-refractivity contribution in [3.05, 3.63) is 12.7 Å². The Morgan fingerprint density at radius 1 is 0.875 bits per heavy atom. The van der Waals surface area contributed by atoms with E-state index in [2.05, 4.69) is 11.3 Å². The van der Waals surface area contributed by atoms with Crippen LogP contribution in [-0.2, 0) is 4.74 Å². The summed E-state index contributed by atoms with van der Waals surface area (Å²) in [4.78, 5) is -0.547. The third-order valence-corrected chi connectivity index (χ3v) is 3.26. The van der Waals surface area contributed by atoms with E-state index in [0.29, 0.717) is 0 Å². The molecule has 142 valence electrons. The Labute approximate surface area is 127 Å². The molecule has 1 heterocycles. The standard InChI is InChI=1S/C11H10F11NO/c1-2-8(13,11(20,21)22)7(12)23-3-5(9(14,15)16)24-6(4-23)10(17,18)19/h2,5-7H,1,3-4H2. The Kier molecular flexibility index (Phi) is 5.51. The van der Waals surface area contributed by atoms with Gasteiger partial charge < -0.3 is 4.74 Å². The highest BCUT2D eigenvalue weighted by molar-refractivity contribution is 5.08. The first-order valence-electron chi connectivity index (χ1n) is 6.10. The van der Waals surface area contributed by atoms with Crippen LogP contribution in [0.5, 0.6) is 0 Å². The number of ether oxygens (including phenoxy) is 1. The summed E-state index contributed by atoms with van der Waals surface area (Å²) in [6.07, 6.45) is -27.7. The van der Waals surface area contributed by atoms with Crippen LogP contribution in [0.15, 0.2) is 12.7 Å². The van der Waals surface area contributed by atoms with E-state index in [1.54, 1.807) is 0 Å². The molecule has 24 heavy (non-hydrogen) atoms. The largest absolute Gasteiger partial charge is 0.430 e. The minimum Gasteiger partial charge on any atom is -0.353 e. The second-order valence-corrected chi connectivity index (χ2v) is 4.96. The van der Waals surface area contributed by atoms with Crippen molar-refractivity contribution in [1.82, 2.24) is 4.90 Å². The smallest absolute Gasteiger partial charge is 0.353 e. The van der Waals surface area contributed by atoms with Gasteiger partial charge in [0.05, 0.1) is 0 Å². The third kappa shape index (κ3) is 4.10. The Bertz CT molecular complexity index is 434. The van der Waals surface area contributed by atoms with Crippen molar-refractivity contribution in [2.45, 2.75) is 42.7 Å². The van der Waals surface area contributed by atoms with E-state index in [1.165, 1.54) is 0 Å². The Balaban J connectivity index is 3.18. The van der Waals surface area contributed by atoms with E-state index >= 15 is 0 Å². The summed E-state index contributed by atoms with van der Waals surface area (Å²) in [5.74, 6) is 0. The van der Waals surface area contributed by atoms with Gasteiger partial charge in [0.1, 0.15) is 0 Å². The second-order valence-electron chi connectivity index (χ2n) is 4.96. The second kappa shape index (κ2) is 6.32.